The van der Waals surface area contributed by atoms with Crippen LogP contribution in [-0.2, 0) is 17.5 Å². The molecule has 1 aromatic carbocycles. The molecule has 0 spiro atoms. The van der Waals surface area contributed by atoms with Crippen molar-refractivity contribution in [2.45, 2.75) is 18.9 Å². The predicted octanol–water partition coefficient (Wildman–Crippen LogP) is 2.66. The quantitative estimate of drug-likeness (QED) is 0.835. The number of hydrogen-bond donors (Lipinski definition) is 1. The van der Waals surface area contributed by atoms with Gasteiger partial charge in [-0.2, -0.15) is 13.2 Å². The Bertz CT molecular complexity index is 381. The summed E-state index contributed by atoms with van der Waals surface area (Å²) in [5.74, 6) is 0. The number of halogens is 4. The first kappa shape index (κ1) is 13.3. The SMILES string of the molecule is Cl.NCC1OCc2cc(C(F)(F)F)ccc21. The number of rotatable bonds is 1. The summed E-state index contributed by atoms with van der Waals surface area (Å²) in [5, 5.41) is 0. The van der Waals surface area contributed by atoms with Gasteiger partial charge in [-0.25, -0.2) is 0 Å². The second-order valence-corrected chi connectivity index (χ2v) is 3.45. The van der Waals surface area contributed by atoms with E-state index in [1.54, 1.807) is 0 Å². The van der Waals surface area contributed by atoms with Gasteiger partial charge in [0.05, 0.1) is 18.3 Å². The van der Waals surface area contributed by atoms with Gasteiger partial charge in [0, 0.05) is 6.54 Å². The number of alkyl halides is 3. The summed E-state index contributed by atoms with van der Waals surface area (Å²) in [6, 6.07) is 3.64. The van der Waals surface area contributed by atoms with Gasteiger partial charge in [0.15, 0.2) is 0 Å². The van der Waals surface area contributed by atoms with Crippen LogP contribution in [0.1, 0.15) is 22.8 Å². The van der Waals surface area contributed by atoms with E-state index in [1.807, 2.05) is 0 Å². The van der Waals surface area contributed by atoms with Crippen molar-refractivity contribution < 1.29 is 17.9 Å². The molecule has 0 saturated carbocycles. The lowest BCUT2D eigenvalue weighted by atomic mass is 10.0. The standard InChI is InChI=1S/C10H10F3NO.ClH/c11-10(12,13)7-1-2-8-6(3-7)5-15-9(8)4-14;/h1-3,9H,4-5,14H2;1H. The van der Waals surface area contributed by atoms with Crippen molar-refractivity contribution in [3.63, 3.8) is 0 Å². The molecule has 0 bridgehead atoms. The van der Waals surface area contributed by atoms with E-state index in [-0.39, 0.29) is 25.1 Å². The fourth-order valence-electron chi connectivity index (χ4n) is 1.70. The predicted molar refractivity (Wildman–Crippen MR) is 55.3 cm³/mol. The van der Waals surface area contributed by atoms with Crippen molar-refractivity contribution in [1.29, 1.82) is 0 Å². The maximum atomic E-state index is 12.4. The van der Waals surface area contributed by atoms with E-state index < -0.39 is 11.7 Å². The van der Waals surface area contributed by atoms with Crippen LogP contribution in [-0.4, -0.2) is 6.54 Å². The number of benzene rings is 1. The minimum atomic E-state index is -4.30. The van der Waals surface area contributed by atoms with Gasteiger partial charge < -0.3 is 10.5 Å². The Balaban J connectivity index is 0.00000128. The molecule has 2 N–H and O–H groups in total. The largest absolute Gasteiger partial charge is 0.416 e. The topological polar surface area (TPSA) is 35.2 Å². The highest BCUT2D eigenvalue weighted by atomic mass is 35.5. The van der Waals surface area contributed by atoms with Gasteiger partial charge in [0.2, 0.25) is 0 Å². The van der Waals surface area contributed by atoms with Gasteiger partial charge in [0.25, 0.3) is 0 Å². The average molecular weight is 254 g/mol. The smallest absolute Gasteiger partial charge is 0.368 e. The Morgan fingerprint density at radius 2 is 2.06 bits per heavy atom. The average Bonchev–Trinajstić information content (AvgIpc) is 2.58. The van der Waals surface area contributed by atoms with Crippen LogP contribution in [0.5, 0.6) is 0 Å². The highest BCUT2D eigenvalue weighted by Gasteiger charge is 2.32. The fourth-order valence-corrected chi connectivity index (χ4v) is 1.70. The van der Waals surface area contributed by atoms with Crippen LogP contribution in [0.2, 0.25) is 0 Å². The minimum absolute atomic E-state index is 0. The Labute approximate surface area is 97.0 Å². The van der Waals surface area contributed by atoms with Gasteiger partial charge in [0.1, 0.15) is 0 Å². The van der Waals surface area contributed by atoms with Gasteiger partial charge in [-0.1, -0.05) is 6.07 Å². The zero-order valence-corrected chi connectivity index (χ0v) is 9.07. The van der Waals surface area contributed by atoms with Crippen LogP contribution in [0.25, 0.3) is 0 Å². The van der Waals surface area contributed by atoms with Crippen molar-refractivity contribution in [3.05, 3.63) is 34.9 Å². The van der Waals surface area contributed by atoms with Gasteiger partial charge in [-0.05, 0) is 23.3 Å². The molecule has 0 saturated heterocycles. The van der Waals surface area contributed by atoms with E-state index >= 15 is 0 Å². The molecule has 16 heavy (non-hydrogen) atoms. The summed E-state index contributed by atoms with van der Waals surface area (Å²) in [6.07, 6.45) is -4.56. The molecule has 0 fully saturated rings. The number of ether oxygens (including phenoxy) is 1. The van der Waals surface area contributed by atoms with Crippen LogP contribution in [0.3, 0.4) is 0 Å². The summed E-state index contributed by atoms with van der Waals surface area (Å²) in [7, 11) is 0. The highest BCUT2D eigenvalue weighted by molar-refractivity contribution is 5.85. The van der Waals surface area contributed by atoms with Crippen molar-refractivity contribution in [1.82, 2.24) is 0 Å². The lowest BCUT2D eigenvalue weighted by Crippen LogP contribution is -2.11. The molecule has 90 valence electrons. The summed E-state index contributed by atoms with van der Waals surface area (Å²) < 4.78 is 42.4. The van der Waals surface area contributed by atoms with Crippen LogP contribution < -0.4 is 5.73 Å². The molecule has 0 amide bonds. The third-order valence-electron chi connectivity index (χ3n) is 2.47. The first-order valence-corrected chi connectivity index (χ1v) is 4.54. The van der Waals surface area contributed by atoms with E-state index in [1.165, 1.54) is 6.07 Å². The first-order valence-electron chi connectivity index (χ1n) is 4.54. The fraction of sp³-hybridized carbons (Fsp3) is 0.400. The van der Waals surface area contributed by atoms with Crippen molar-refractivity contribution >= 4 is 12.4 Å². The van der Waals surface area contributed by atoms with Gasteiger partial charge in [-0.3, -0.25) is 0 Å². The monoisotopic (exact) mass is 253 g/mol. The molecule has 2 nitrogen and oxygen atoms in total. The van der Waals surface area contributed by atoms with Gasteiger partial charge >= 0.3 is 6.18 Å². The van der Waals surface area contributed by atoms with Crippen LogP contribution in [0.15, 0.2) is 18.2 Å². The molecule has 1 aliphatic rings. The van der Waals surface area contributed by atoms with Crippen molar-refractivity contribution in [2.75, 3.05) is 6.54 Å². The first-order chi connectivity index (χ1) is 7.02. The van der Waals surface area contributed by atoms with Gasteiger partial charge in [-0.15, -0.1) is 12.4 Å². The van der Waals surface area contributed by atoms with E-state index in [0.717, 1.165) is 17.7 Å². The summed E-state index contributed by atoms with van der Waals surface area (Å²) in [5.41, 5.74) is 6.14. The molecule has 0 aliphatic carbocycles. The Hall–Kier alpha value is -0.780. The third-order valence-corrected chi connectivity index (χ3v) is 2.47. The molecule has 1 heterocycles. The molecule has 0 radical (unpaired) electrons. The van der Waals surface area contributed by atoms with E-state index in [0.29, 0.717) is 12.1 Å². The molecule has 6 heteroatoms. The van der Waals surface area contributed by atoms with Crippen molar-refractivity contribution in [3.8, 4) is 0 Å². The molecule has 1 aliphatic heterocycles. The molecule has 2 rings (SSSR count). The second kappa shape index (κ2) is 4.61. The minimum Gasteiger partial charge on any atom is -0.368 e. The third kappa shape index (κ3) is 2.31. The number of hydrogen-bond acceptors (Lipinski definition) is 2. The Morgan fingerprint density at radius 3 is 2.62 bits per heavy atom. The zero-order chi connectivity index (χ0) is 11.1. The molecular weight excluding hydrogens is 243 g/mol. The number of nitrogens with two attached hydrogens (primary N) is 1. The maximum absolute atomic E-state index is 12.4. The molecule has 1 unspecified atom stereocenters. The van der Waals surface area contributed by atoms with E-state index in [2.05, 4.69) is 0 Å². The second-order valence-electron chi connectivity index (χ2n) is 3.45. The van der Waals surface area contributed by atoms with Crippen LogP contribution >= 0.6 is 12.4 Å². The number of fused-ring (bicyclic) bond motifs is 1. The summed E-state index contributed by atoms with van der Waals surface area (Å²) in [6.45, 7) is 0.499. The van der Waals surface area contributed by atoms with E-state index in [4.69, 9.17) is 10.5 Å². The Kier molecular flexibility index (Phi) is 3.83. The molecule has 1 aromatic rings. The van der Waals surface area contributed by atoms with Crippen LogP contribution in [0, 0.1) is 0 Å². The highest BCUT2D eigenvalue weighted by Crippen LogP contribution is 2.35. The zero-order valence-electron chi connectivity index (χ0n) is 8.25. The maximum Gasteiger partial charge on any atom is 0.416 e. The summed E-state index contributed by atoms with van der Waals surface area (Å²) in [4.78, 5) is 0. The normalized spacial score (nSPS) is 19.1. The molecule has 0 aromatic heterocycles. The lowest BCUT2D eigenvalue weighted by Gasteiger charge is -2.09. The lowest BCUT2D eigenvalue weighted by molar-refractivity contribution is -0.137. The Morgan fingerprint density at radius 1 is 1.38 bits per heavy atom. The molecular formula is C10H11ClF3NO. The van der Waals surface area contributed by atoms with Crippen molar-refractivity contribution in [2.24, 2.45) is 5.73 Å². The van der Waals surface area contributed by atoms with E-state index in [9.17, 15) is 13.2 Å². The molecule has 1 atom stereocenters. The summed E-state index contributed by atoms with van der Waals surface area (Å²) >= 11 is 0. The van der Waals surface area contributed by atoms with Crippen LogP contribution in [0.4, 0.5) is 13.2 Å².